The maximum atomic E-state index is 13.8. The molecule has 0 radical (unpaired) electrons. The quantitative estimate of drug-likeness (QED) is 0.872. The number of nitrogens with zero attached hydrogens (tertiary/aromatic N) is 1. The van der Waals surface area contributed by atoms with Gasteiger partial charge in [-0.05, 0) is 48.4 Å². The zero-order chi connectivity index (χ0) is 18.5. The molecule has 7 heteroatoms. The lowest BCUT2D eigenvalue weighted by Gasteiger charge is -2.34. The number of carbonyl (C=O) groups excluding carboxylic acids is 2. The minimum absolute atomic E-state index is 0.102. The Morgan fingerprint density at radius 2 is 2.19 bits per heavy atom. The van der Waals surface area contributed by atoms with E-state index in [4.69, 9.17) is 4.74 Å². The van der Waals surface area contributed by atoms with Gasteiger partial charge in [-0.2, -0.15) is 0 Å². The van der Waals surface area contributed by atoms with Gasteiger partial charge in [-0.25, -0.2) is 4.39 Å². The summed E-state index contributed by atoms with van der Waals surface area (Å²) in [7, 11) is 1.40. The number of benzene rings is 1. The number of methoxy groups -OCH3 is 1. The monoisotopic (exact) mass is 376 g/mol. The predicted molar refractivity (Wildman–Crippen MR) is 97.8 cm³/mol. The summed E-state index contributed by atoms with van der Waals surface area (Å²) in [6.45, 7) is 0.781. The number of nitrogens with one attached hydrogen (secondary N) is 1. The van der Waals surface area contributed by atoms with Gasteiger partial charge in [-0.15, -0.1) is 11.3 Å². The first-order valence-corrected chi connectivity index (χ1v) is 9.42. The van der Waals surface area contributed by atoms with Gasteiger partial charge in [-0.3, -0.25) is 9.59 Å². The van der Waals surface area contributed by atoms with Gasteiger partial charge in [0.15, 0.2) is 11.6 Å². The van der Waals surface area contributed by atoms with E-state index in [2.05, 4.69) is 5.32 Å². The highest BCUT2D eigenvalue weighted by molar-refractivity contribution is 7.12. The van der Waals surface area contributed by atoms with Gasteiger partial charge < -0.3 is 15.0 Å². The number of carbonyl (C=O) groups is 2. The van der Waals surface area contributed by atoms with Crippen molar-refractivity contribution >= 4 is 23.2 Å². The summed E-state index contributed by atoms with van der Waals surface area (Å²) >= 11 is 1.38. The molecule has 2 amide bonds. The molecule has 0 bridgehead atoms. The van der Waals surface area contributed by atoms with Crippen LogP contribution in [-0.4, -0.2) is 36.4 Å². The van der Waals surface area contributed by atoms with Crippen LogP contribution in [0.5, 0.6) is 5.75 Å². The second kappa shape index (κ2) is 8.31. The Morgan fingerprint density at radius 3 is 2.88 bits per heavy atom. The van der Waals surface area contributed by atoms with Crippen LogP contribution in [0.15, 0.2) is 35.7 Å². The molecule has 3 rings (SSSR count). The van der Waals surface area contributed by atoms with Crippen LogP contribution in [0.1, 0.15) is 34.5 Å². The highest BCUT2D eigenvalue weighted by Crippen LogP contribution is 2.22. The van der Waals surface area contributed by atoms with E-state index in [1.54, 1.807) is 17.0 Å². The lowest BCUT2D eigenvalue weighted by Crippen LogP contribution is -2.51. The number of halogens is 1. The van der Waals surface area contributed by atoms with Gasteiger partial charge in [-0.1, -0.05) is 12.1 Å². The molecular formula is C19H21FN2O3S. The van der Waals surface area contributed by atoms with Crippen LogP contribution >= 0.6 is 11.3 Å². The maximum absolute atomic E-state index is 13.8. The van der Waals surface area contributed by atoms with E-state index in [1.165, 1.54) is 30.6 Å². The standard InChI is InChI=1S/C19H21FN2O3S/c1-25-16-8-7-13(11-14(16)20)12-21-18(23)15-5-2-3-9-22(15)19(24)17-6-4-10-26-17/h4,6-8,10-11,15H,2-3,5,9,12H2,1H3,(H,21,23). The number of rotatable bonds is 5. The van der Waals surface area contributed by atoms with Crippen LogP contribution in [0.4, 0.5) is 4.39 Å². The molecule has 138 valence electrons. The topological polar surface area (TPSA) is 58.6 Å². The molecule has 1 atom stereocenters. The van der Waals surface area contributed by atoms with Gasteiger partial charge in [0.05, 0.1) is 12.0 Å². The van der Waals surface area contributed by atoms with E-state index >= 15 is 0 Å². The molecule has 1 aliphatic heterocycles. The number of likely N-dealkylation sites (tertiary alicyclic amines) is 1. The molecule has 5 nitrogen and oxygen atoms in total. The van der Waals surface area contributed by atoms with E-state index in [0.29, 0.717) is 23.4 Å². The molecule has 0 spiro atoms. The van der Waals surface area contributed by atoms with Crippen molar-refractivity contribution in [3.8, 4) is 5.75 Å². The van der Waals surface area contributed by atoms with Crippen LogP contribution in [0, 0.1) is 5.82 Å². The summed E-state index contributed by atoms with van der Waals surface area (Å²) in [6.07, 6.45) is 2.44. The van der Waals surface area contributed by atoms with Gasteiger partial charge >= 0.3 is 0 Å². The maximum Gasteiger partial charge on any atom is 0.264 e. The molecule has 1 aromatic carbocycles. The Balaban J connectivity index is 1.65. The largest absolute Gasteiger partial charge is 0.494 e. The molecule has 1 aromatic heterocycles. The van der Waals surface area contributed by atoms with E-state index in [-0.39, 0.29) is 24.1 Å². The van der Waals surface area contributed by atoms with E-state index in [1.807, 2.05) is 11.4 Å². The van der Waals surface area contributed by atoms with Gasteiger partial charge in [0.1, 0.15) is 6.04 Å². The lowest BCUT2D eigenvalue weighted by molar-refractivity contribution is -0.126. The molecule has 1 unspecified atom stereocenters. The third kappa shape index (κ3) is 4.04. The SMILES string of the molecule is COc1ccc(CNC(=O)C2CCCCN2C(=O)c2cccs2)cc1F. The zero-order valence-corrected chi connectivity index (χ0v) is 15.4. The fraction of sp³-hybridized carbons (Fsp3) is 0.368. The Kier molecular flexibility index (Phi) is 5.88. The molecule has 1 N–H and O–H groups in total. The Bertz CT molecular complexity index is 779. The average Bonchev–Trinajstić information content (AvgIpc) is 3.20. The zero-order valence-electron chi connectivity index (χ0n) is 14.5. The van der Waals surface area contributed by atoms with E-state index in [0.717, 1.165) is 12.8 Å². The Labute approximate surface area is 155 Å². The van der Waals surface area contributed by atoms with Crippen LogP contribution in [0.3, 0.4) is 0 Å². The number of hydrogen-bond acceptors (Lipinski definition) is 4. The second-order valence-electron chi connectivity index (χ2n) is 6.17. The molecule has 0 aliphatic carbocycles. The first-order valence-electron chi connectivity index (χ1n) is 8.54. The fourth-order valence-electron chi connectivity index (χ4n) is 3.12. The van der Waals surface area contributed by atoms with Crippen molar-refractivity contribution in [3.63, 3.8) is 0 Å². The van der Waals surface area contributed by atoms with Gasteiger partial charge in [0.2, 0.25) is 5.91 Å². The third-order valence-electron chi connectivity index (χ3n) is 4.48. The average molecular weight is 376 g/mol. The molecule has 1 aliphatic rings. The summed E-state index contributed by atoms with van der Waals surface area (Å²) in [5, 5.41) is 4.68. The summed E-state index contributed by atoms with van der Waals surface area (Å²) in [4.78, 5) is 27.6. The number of hydrogen-bond donors (Lipinski definition) is 1. The number of thiophene rings is 1. The normalized spacial score (nSPS) is 17.0. The van der Waals surface area contributed by atoms with Crippen molar-refractivity contribution < 1.29 is 18.7 Å². The fourth-order valence-corrected chi connectivity index (χ4v) is 3.79. The number of piperidine rings is 1. The summed E-state index contributed by atoms with van der Waals surface area (Å²) < 4.78 is 18.7. The molecule has 1 saturated heterocycles. The molecule has 2 heterocycles. The summed E-state index contributed by atoms with van der Waals surface area (Å²) in [5.74, 6) is -0.604. The Hall–Kier alpha value is -2.41. The van der Waals surface area contributed by atoms with E-state index in [9.17, 15) is 14.0 Å². The Morgan fingerprint density at radius 1 is 1.35 bits per heavy atom. The predicted octanol–water partition coefficient (Wildman–Crippen LogP) is 3.21. The second-order valence-corrected chi connectivity index (χ2v) is 7.12. The number of ether oxygens (including phenoxy) is 1. The van der Waals surface area contributed by atoms with Crippen LogP contribution in [0.25, 0.3) is 0 Å². The van der Waals surface area contributed by atoms with Crippen molar-refractivity contribution in [2.45, 2.75) is 31.8 Å². The lowest BCUT2D eigenvalue weighted by atomic mass is 10.0. The number of amides is 2. The van der Waals surface area contributed by atoms with Crippen LogP contribution < -0.4 is 10.1 Å². The minimum atomic E-state index is -0.485. The smallest absolute Gasteiger partial charge is 0.264 e. The molecular weight excluding hydrogens is 355 g/mol. The summed E-state index contributed by atoms with van der Waals surface area (Å²) in [6, 6.07) is 7.70. The first kappa shape index (κ1) is 18.4. The van der Waals surface area contributed by atoms with E-state index < -0.39 is 11.9 Å². The molecule has 0 saturated carbocycles. The third-order valence-corrected chi connectivity index (χ3v) is 5.34. The minimum Gasteiger partial charge on any atom is -0.494 e. The van der Waals surface area contributed by atoms with Crippen LogP contribution in [-0.2, 0) is 11.3 Å². The highest BCUT2D eigenvalue weighted by Gasteiger charge is 2.32. The van der Waals surface area contributed by atoms with Crippen LogP contribution in [0.2, 0.25) is 0 Å². The molecule has 26 heavy (non-hydrogen) atoms. The van der Waals surface area contributed by atoms with Gasteiger partial charge in [0.25, 0.3) is 5.91 Å². The van der Waals surface area contributed by atoms with Gasteiger partial charge in [0, 0.05) is 13.1 Å². The molecule has 1 fully saturated rings. The first-order chi connectivity index (χ1) is 12.6. The molecule has 2 aromatic rings. The van der Waals surface area contributed by atoms with Crippen molar-refractivity contribution in [2.24, 2.45) is 0 Å². The van der Waals surface area contributed by atoms with Crippen molar-refractivity contribution in [3.05, 3.63) is 52.0 Å². The highest BCUT2D eigenvalue weighted by atomic mass is 32.1. The van der Waals surface area contributed by atoms with Crippen molar-refractivity contribution in [1.82, 2.24) is 10.2 Å². The summed E-state index contributed by atoms with van der Waals surface area (Å²) in [5.41, 5.74) is 0.642. The van der Waals surface area contributed by atoms with Crippen molar-refractivity contribution in [2.75, 3.05) is 13.7 Å². The van der Waals surface area contributed by atoms with Crippen molar-refractivity contribution in [1.29, 1.82) is 0 Å².